The molecule has 0 spiro atoms. The van der Waals surface area contributed by atoms with Crippen LogP contribution in [0, 0.1) is 23.7 Å². The molecule has 36 heavy (non-hydrogen) atoms. The van der Waals surface area contributed by atoms with Crippen molar-refractivity contribution in [1.29, 1.82) is 0 Å². The SMILES string of the molecule is C[C@H](OC1CCCCO1)c1nccn1Cc1cc(-c2ccc(C#CC#Cc3cccnc3)cc2)on1. The molecule has 0 N–H and O–H groups in total. The van der Waals surface area contributed by atoms with E-state index in [2.05, 4.69) is 38.8 Å². The molecule has 1 unspecified atom stereocenters. The first kappa shape index (κ1) is 23.6. The summed E-state index contributed by atoms with van der Waals surface area (Å²) < 4.78 is 19.4. The van der Waals surface area contributed by atoms with Crippen LogP contribution in [0.25, 0.3) is 11.3 Å². The number of hydrogen-bond acceptors (Lipinski definition) is 6. The predicted octanol–water partition coefficient (Wildman–Crippen LogP) is 4.99. The van der Waals surface area contributed by atoms with Gasteiger partial charge in [0, 0.05) is 54.2 Å². The molecule has 5 rings (SSSR count). The van der Waals surface area contributed by atoms with Crippen LogP contribution in [-0.2, 0) is 16.0 Å². The molecule has 0 bridgehead atoms. The molecule has 0 saturated carbocycles. The van der Waals surface area contributed by atoms with Crippen LogP contribution < -0.4 is 0 Å². The third-order valence-electron chi connectivity index (χ3n) is 5.80. The highest BCUT2D eigenvalue weighted by molar-refractivity contribution is 5.59. The first-order valence-electron chi connectivity index (χ1n) is 12.0. The molecule has 7 heteroatoms. The fourth-order valence-electron chi connectivity index (χ4n) is 3.98. The Bertz CT molecular complexity index is 1400. The van der Waals surface area contributed by atoms with Crippen LogP contribution in [-0.4, -0.2) is 32.6 Å². The topological polar surface area (TPSA) is 75.2 Å². The summed E-state index contributed by atoms with van der Waals surface area (Å²) >= 11 is 0. The molecule has 0 aliphatic carbocycles. The molecule has 1 aliphatic heterocycles. The van der Waals surface area contributed by atoms with Crippen LogP contribution in [0.5, 0.6) is 0 Å². The number of rotatable bonds is 6. The Balaban J connectivity index is 1.21. The van der Waals surface area contributed by atoms with Gasteiger partial charge in [0.1, 0.15) is 17.6 Å². The Morgan fingerprint density at radius 1 is 1.08 bits per heavy atom. The second-order valence-corrected chi connectivity index (χ2v) is 8.49. The minimum Gasteiger partial charge on any atom is -0.356 e. The van der Waals surface area contributed by atoms with Gasteiger partial charge in [0.05, 0.1) is 6.54 Å². The van der Waals surface area contributed by atoms with Crippen LogP contribution in [0.15, 0.2) is 71.8 Å². The van der Waals surface area contributed by atoms with Crippen molar-refractivity contribution in [3.63, 3.8) is 0 Å². The number of pyridine rings is 1. The van der Waals surface area contributed by atoms with Crippen molar-refractivity contribution in [1.82, 2.24) is 19.7 Å². The Labute approximate surface area is 210 Å². The van der Waals surface area contributed by atoms with Crippen molar-refractivity contribution >= 4 is 0 Å². The number of nitrogens with zero attached hydrogens (tertiary/aromatic N) is 4. The Hall–Kier alpha value is -4.17. The van der Waals surface area contributed by atoms with Gasteiger partial charge >= 0.3 is 0 Å². The number of aromatic nitrogens is 4. The molecule has 3 aromatic heterocycles. The van der Waals surface area contributed by atoms with E-state index in [4.69, 9.17) is 14.0 Å². The van der Waals surface area contributed by atoms with Crippen LogP contribution in [0.1, 0.15) is 54.9 Å². The number of hydrogen-bond donors (Lipinski definition) is 0. The van der Waals surface area contributed by atoms with Crippen LogP contribution in [0.3, 0.4) is 0 Å². The maximum absolute atomic E-state index is 6.09. The van der Waals surface area contributed by atoms with Gasteiger partial charge in [-0.2, -0.15) is 0 Å². The Kier molecular flexibility index (Phi) is 7.53. The molecule has 1 saturated heterocycles. The molecule has 1 aromatic carbocycles. The van der Waals surface area contributed by atoms with Crippen molar-refractivity contribution in [2.24, 2.45) is 0 Å². The molecule has 1 aliphatic rings. The first-order valence-corrected chi connectivity index (χ1v) is 12.0. The maximum atomic E-state index is 6.09. The van der Waals surface area contributed by atoms with Gasteiger partial charge in [0.25, 0.3) is 0 Å². The van der Waals surface area contributed by atoms with Crippen LogP contribution >= 0.6 is 0 Å². The van der Waals surface area contributed by atoms with E-state index in [9.17, 15) is 0 Å². The smallest absolute Gasteiger partial charge is 0.167 e. The van der Waals surface area contributed by atoms with E-state index in [-0.39, 0.29) is 12.4 Å². The number of ether oxygens (including phenoxy) is 2. The van der Waals surface area contributed by atoms with Gasteiger partial charge in [-0.25, -0.2) is 4.98 Å². The zero-order valence-electron chi connectivity index (χ0n) is 20.1. The van der Waals surface area contributed by atoms with Crippen LogP contribution in [0.4, 0.5) is 0 Å². The van der Waals surface area contributed by atoms with Gasteiger partial charge in [0.15, 0.2) is 12.1 Å². The third kappa shape index (κ3) is 6.09. The van der Waals surface area contributed by atoms with Gasteiger partial charge < -0.3 is 18.6 Å². The molecule has 1 fully saturated rings. The van der Waals surface area contributed by atoms with Crippen molar-refractivity contribution in [3.8, 4) is 35.0 Å². The zero-order chi connectivity index (χ0) is 24.6. The van der Waals surface area contributed by atoms with E-state index in [1.54, 1.807) is 18.6 Å². The summed E-state index contributed by atoms with van der Waals surface area (Å²) in [4.78, 5) is 8.54. The lowest BCUT2D eigenvalue weighted by atomic mass is 10.1. The summed E-state index contributed by atoms with van der Waals surface area (Å²) in [5.41, 5.74) is 3.45. The molecule has 4 heterocycles. The van der Waals surface area contributed by atoms with E-state index in [0.29, 0.717) is 12.3 Å². The molecular weight excluding hydrogens is 452 g/mol. The minimum absolute atomic E-state index is 0.168. The van der Waals surface area contributed by atoms with Crippen LogP contribution in [0.2, 0.25) is 0 Å². The Morgan fingerprint density at radius 2 is 1.94 bits per heavy atom. The molecule has 0 amide bonds. The molecule has 180 valence electrons. The normalized spacial score (nSPS) is 15.9. The summed E-state index contributed by atoms with van der Waals surface area (Å²) in [6.45, 7) is 3.29. The summed E-state index contributed by atoms with van der Waals surface area (Å²) in [7, 11) is 0. The average Bonchev–Trinajstić information content (AvgIpc) is 3.58. The molecule has 2 atom stereocenters. The second-order valence-electron chi connectivity index (χ2n) is 8.49. The van der Waals surface area contributed by atoms with Gasteiger partial charge in [-0.05, 0) is 74.4 Å². The largest absolute Gasteiger partial charge is 0.356 e. The molecule has 7 nitrogen and oxygen atoms in total. The van der Waals surface area contributed by atoms with Crippen molar-refractivity contribution in [3.05, 3.63) is 89.9 Å². The lowest BCUT2D eigenvalue weighted by molar-refractivity contribution is -0.188. The van der Waals surface area contributed by atoms with Gasteiger partial charge in [-0.1, -0.05) is 17.0 Å². The highest BCUT2D eigenvalue weighted by Gasteiger charge is 2.21. The lowest BCUT2D eigenvalue weighted by Crippen LogP contribution is -2.24. The van der Waals surface area contributed by atoms with Gasteiger partial charge in [0.2, 0.25) is 0 Å². The first-order chi connectivity index (χ1) is 17.7. The number of imidazole rings is 1. The van der Waals surface area contributed by atoms with Gasteiger partial charge in [-0.3, -0.25) is 4.98 Å². The quantitative estimate of drug-likeness (QED) is 0.364. The van der Waals surface area contributed by atoms with Gasteiger partial charge in [-0.15, -0.1) is 0 Å². The van der Waals surface area contributed by atoms with E-state index in [0.717, 1.165) is 54.1 Å². The maximum Gasteiger partial charge on any atom is 0.167 e. The standard InChI is InChI=1S/C29H26N4O3/c1-22(35-28-10-4-5-18-34-28)29-31-16-17-33(29)21-26-19-27(36-32-26)25-13-11-23(12-14-25)7-2-3-8-24-9-6-15-30-20-24/h6,9,11-17,19-20,22,28H,4-5,10,18,21H2,1H3/t22-,28?/m0/s1. The second kappa shape index (κ2) is 11.5. The highest BCUT2D eigenvalue weighted by atomic mass is 16.7. The summed E-state index contributed by atoms with van der Waals surface area (Å²) in [6, 6.07) is 13.5. The van der Waals surface area contributed by atoms with Crippen molar-refractivity contribution in [2.75, 3.05) is 6.61 Å². The number of benzene rings is 1. The highest BCUT2D eigenvalue weighted by Crippen LogP contribution is 2.24. The minimum atomic E-state index is -0.183. The van der Waals surface area contributed by atoms with Crippen molar-refractivity contribution in [2.45, 2.75) is 45.1 Å². The van der Waals surface area contributed by atoms with E-state index in [1.807, 2.05) is 60.2 Å². The lowest BCUT2D eigenvalue weighted by Gasteiger charge is -2.26. The third-order valence-corrected chi connectivity index (χ3v) is 5.80. The van der Waals surface area contributed by atoms with Crippen molar-refractivity contribution < 1.29 is 14.0 Å². The van der Waals surface area contributed by atoms with E-state index >= 15 is 0 Å². The molecule has 0 radical (unpaired) electrons. The fourth-order valence-corrected chi connectivity index (χ4v) is 3.98. The summed E-state index contributed by atoms with van der Waals surface area (Å²) in [5, 5.41) is 4.26. The summed E-state index contributed by atoms with van der Waals surface area (Å²) in [5.74, 6) is 13.3. The summed E-state index contributed by atoms with van der Waals surface area (Å²) in [6.07, 6.45) is 9.92. The van der Waals surface area contributed by atoms with E-state index < -0.39 is 0 Å². The Morgan fingerprint density at radius 3 is 2.72 bits per heavy atom. The fraction of sp³-hybridized carbons (Fsp3) is 0.276. The average molecular weight is 479 g/mol. The predicted molar refractivity (Wildman–Crippen MR) is 134 cm³/mol. The monoisotopic (exact) mass is 478 g/mol. The van der Waals surface area contributed by atoms with E-state index in [1.165, 1.54) is 0 Å². The molecule has 4 aromatic rings. The molecular formula is C29H26N4O3. The zero-order valence-corrected chi connectivity index (χ0v) is 20.1.